The van der Waals surface area contributed by atoms with Crippen LogP contribution < -0.4 is 4.74 Å². The molecule has 22 heavy (non-hydrogen) atoms. The standard InChI is InChI=1S/C17H21N3O2/c1-12(2)20(14-9-10-14)17(21)16-15(22-3)11-19(18-16)13-7-5-4-6-8-13/h4-8,11-12,14H,9-10H2,1-3H3. The average Bonchev–Trinajstić information content (AvgIpc) is 3.24. The van der Waals surface area contributed by atoms with Crippen LogP contribution in [0.5, 0.6) is 5.75 Å². The highest BCUT2D eigenvalue weighted by Crippen LogP contribution is 2.31. The number of carbonyl (C=O) groups is 1. The number of rotatable bonds is 5. The van der Waals surface area contributed by atoms with Crippen molar-refractivity contribution in [3.8, 4) is 11.4 Å². The van der Waals surface area contributed by atoms with Gasteiger partial charge in [-0.1, -0.05) is 18.2 Å². The minimum absolute atomic E-state index is 0.0518. The third kappa shape index (κ3) is 2.71. The lowest BCUT2D eigenvalue weighted by molar-refractivity contribution is 0.0680. The second-order valence-electron chi connectivity index (χ2n) is 5.86. The van der Waals surface area contributed by atoms with Crippen LogP contribution in [0.4, 0.5) is 0 Å². The lowest BCUT2D eigenvalue weighted by Gasteiger charge is -2.26. The fourth-order valence-corrected chi connectivity index (χ4v) is 2.67. The number of benzene rings is 1. The molecule has 1 saturated carbocycles. The minimum atomic E-state index is -0.0518. The van der Waals surface area contributed by atoms with E-state index in [-0.39, 0.29) is 11.9 Å². The fourth-order valence-electron chi connectivity index (χ4n) is 2.67. The van der Waals surface area contributed by atoms with Gasteiger partial charge in [-0.15, -0.1) is 0 Å². The number of methoxy groups -OCH3 is 1. The van der Waals surface area contributed by atoms with E-state index >= 15 is 0 Å². The Bertz CT molecular complexity index is 658. The number of para-hydroxylation sites is 1. The maximum absolute atomic E-state index is 12.9. The minimum Gasteiger partial charge on any atom is -0.493 e. The Morgan fingerprint density at radius 1 is 1.32 bits per heavy atom. The summed E-state index contributed by atoms with van der Waals surface area (Å²) in [7, 11) is 1.57. The molecule has 1 heterocycles. The molecule has 116 valence electrons. The number of hydrogen-bond donors (Lipinski definition) is 0. The first-order chi connectivity index (χ1) is 10.6. The third-order valence-corrected chi connectivity index (χ3v) is 3.86. The number of carbonyl (C=O) groups excluding carboxylic acids is 1. The van der Waals surface area contributed by atoms with E-state index in [2.05, 4.69) is 5.10 Å². The predicted octanol–water partition coefficient (Wildman–Crippen LogP) is 2.89. The molecule has 0 spiro atoms. The van der Waals surface area contributed by atoms with Crippen LogP contribution in [0.3, 0.4) is 0 Å². The van der Waals surface area contributed by atoms with Gasteiger partial charge in [0.1, 0.15) is 0 Å². The number of amides is 1. The Labute approximate surface area is 130 Å². The molecule has 5 heteroatoms. The van der Waals surface area contributed by atoms with Crippen molar-refractivity contribution >= 4 is 5.91 Å². The van der Waals surface area contributed by atoms with Gasteiger partial charge >= 0.3 is 0 Å². The maximum Gasteiger partial charge on any atom is 0.278 e. The summed E-state index contributed by atoms with van der Waals surface area (Å²) in [5, 5.41) is 4.47. The van der Waals surface area contributed by atoms with E-state index in [9.17, 15) is 4.79 Å². The molecule has 0 unspecified atom stereocenters. The topological polar surface area (TPSA) is 47.4 Å². The van der Waals surface area contributed by atoms with Crippen LogP contribution in [0.15, 0.2) is 36.5 Å². The molecule has 0 radical (unpaired) electrons. The summed E-state index contributed by atoms with van der Waals surface area (Å²) in [5.41, 5.74) is 1.29. The van der Waals surface area contributed by atoms with Gasteiger partial charge in [-0.2, -0.15) is 5.10 Å². The first-order valence-electron chi connectivity index (χ1n) is 7.63. The fraction of sp³-hybridized carbons (Fsp3) is 0.412. The van der Waals surface area contributed by atoms with Gasteiger partial charge in [0, 0.05) is 12.1 Å². The van der Waals surface area contributed by atoms with Gasteiger partial charge in [-0.05, 0) is 38.8 Å². The molecule has 0 N–H and O–H groups in total. The molecule has 0 atom stereocenters. The summed E-state index contributed by atoms with van der Waals surface area (Å²) in [6, 6.07) is 10.2. The van der Waals surface area contributed by atoms with Crippen molar-refractivity contribution in [1.82, 2.24) is 14.7 Å². The molecule has 5 nitrogen and oxygen atoms in total. The van der Waals surface area contributed by atoms with Gasteiger partial charge in [0.2, 0.25) is 0 Å². The Morgan fingerprint density at radius 3 is 2.55 bits per heavy atom. The van der Waals surface area contributed by atoms with E-state index in [0.717, 1.165) is 18.5 Å². The Hall–Kier alpha value is -2.30. The molecule has 1 fully saturated rings. The zero-order valence-electron chi connectivity index (χ0n) is 13.2. The molecule has 3 rings (SSSR count). The molecule has 1 amide bonds. The van der Waals surface area contributed by atoms with Crippen LogP contribution in [0.1, 0.15) is 37.2 Å². The van der Waals surface area contributed by atoms with E-state index in [0.29, 0.717) is 17.5 Å². The van der Waals surface area contributed by atoms with Crippen LogP contribution in [-0.4, -0.2) is 39.8 Å². The molecule has 1 aromatic heterocycles. The summed E-state index contributed by atoms with van der Waals surface area (Å²) in [5.74, 6) is 0.462. The van der Waals surface area contributed by atoms with Gasteiger partial charge in [-0.3, -0.25) is 4.79 Å². The first-order valence-corrected chi connectivity index (χ1v) is 7.63. The highest BCUT2D eigenvalue weighted by atomic mass is 16.5. The van der Waals surface area contributed by atoms with Crippen LogP contribution in [-0.2, 0) is 0 Å². The SMILES string of the molecule is COc1cn(-c2ccccc2)nc1C(=O)N(C(C)C)C1CC1. The van der Waals surface area contributed by atoms with E-state index in [1.165, 1.54) is 0 Å². The van der Waals surface area contributed by atoms with Gasteiger partial charge < -0.3 is 9.64 Å². The zero-order chi connectivity index (χ0) is 15.7. The summed E-state index contributed by atoms with van der Waals surface area (Å²) < 4.78 is 7.06. The highest BCUT2D eigenvalue weighted by molar-refractivity contribution is 5.95. The van der Waals surface area contributed by atoms with Crippen molar-refractivity contribution in [2.24, 2.45) is 0 Å². The Morgan fingerprint density at radius 2 is 2.00 bits per heavy atom. The second kappa shape index (κ2) is 5.83. The summed E-state index contributed by atoms with van der Waals surface area (Å²) in [6.07, 6.45) is 3.91. The van der Waals surface area contributed by atoms with Crippen LogP contribution in [0.25, 0.3) is 5.69 Å². The monoisotopic (exact) mass is 299 g/mol. The Balaban J connectivity index is 1.96. The second-order valence-corrected chi connectivity index (χ2v) is 5.86. The maximum atomic E-state index is 12.9. The quantitative estimate of drug-likeness (QED) is 0.853. The van der Waals surface area contributed by atoms with E-state index in [1.807, 2.05) is 49.1 Å². The first kappa shape index (κ1) is 14.6. The summed E-state index contributed by atoms with van der Waals surface area (Å²) in [6.45, 7) is 4.08. The molecule has 0 bridgehead atoms. The third-order valence-electron chi connectivity index (χ3n) is 3.86. The van der Waals surface area contributed by atoms with Crippen LogP contribution in [0.2, 0.25) is 0 Å². The van der Waals surface area contributed by atoms with Crippen molar-refractivity contribution in [3.05, 3.63) is 42.2 Å². The van der Waals surface area contributed by atoms with Crippen molar-refractivity contribution in [3.63, 3.8) is 0 Å². The van der Waals surface area contributed by atoms with Crippen molar-refractivity contribution < 1.29 is 9.53 Å². The molecule has 1 aliphatic carbocycles. The van der Waals surface area contributed by atoms with Crippen molar-refractivity contribution in [2.45, 2.75) is 38.8 Å². The van der Waals surface area contributed by atoms with Gasteiger partial charge in [-0.25, -0.2) is 4.68 Å². The van der Waals surface area contributed by atoms with Crippen molar-refractivity contribution in [1.29, 1.82) is 0 Å². The van der Waals surface area contributed by atoms with Crippen LogP contribution >= 0.6 is 0 Å². The normalized spacial score (nSPS) is 14.2. The molecular formula is C17H21N3O2. The molecule has 2 aromatic rings. The molecular weight excluding hydrogens is 278 g/mol. The van der Waals surface area contributed by atoms with E-state index in [1.54, 1.807) is 18.0 Å². The number of hydrogen-bond acceptors (Lipinski definition) is 3. The van der Waals surface area contributed by atoms with Crippen LogP contribution in [0, 0.1) is 0 Å². The highest BCUT2D eigenvalue weighted by Gasteiger charge is 2.37. The largest absolute Gasteiger partial charge is 0.493 e. The van der Waals surface area contributed by atoms with E-state index < -0.39 is 0 Å². The van der Waals surface area contributed by atoms with Gasteiger partial charge in [0.15, 0.2) is 11.4 Å². The zero-order valence-corrected chi connectivity index (χ0v) is 13.2. The van der Waals surface area contributed by atoms with Gasteiger partial charge in [0.25, 0.3) is 5.91 Å². The number of aromatic nitrogens is 2. The molecule has 1 aromatic carbocycles. The lowest BCUT2D eigenvalue weighted by Crippen LogP contribution is -2.39. The molecule has 0 aliphatic heterocycles. The number of nitrogens with zero attached hydrogens (tertiary/aromatic N) is 3. The molecule has 0 saturated heterocycles. The van der Waals surface area contributed by atoms with Gasteiger partial charge in [0.05, 0.1) is 19.0 Å². The average molecular weight is 299 g/mol. The molecule has 1 aliphatic rings. The van der Waals surface area contributed by atoms with E-state index in [4.69, 9.17) is 4.74 Å². The Kier molecular flexibility index (Phi) is 3.88. The summed E-state index contributed by atoms with van der Waals surface area (Å²) >= 11 is 0. The lowest BCUT2D eigenvalue weighted by atomic mass is 10.2. The summed E-state index contributed by atoms with van der Waals surface area (Å²) in [4.78, 5) is 14.8. The predicted molar refractivity (Wildman–Crippen MR) is 84.4 cm³/mol. The van der Waals surface area contributed by atoms with Crippen molar-refractivity contribution in [2.75, 3.05) is 7.11 Å². The number of ether oxygens (including phenoxy) is 1. The smallest absolute Gasteiger partial charge is 0.278 e.